The molecule has 0 bridgehead atoms. The van der Waals surface area contributed by atoms with Crippen molar-refractivity contribution in [2.45, 2.75) is 39.0 Å². The van der Waals surface area contributed by atoms with E-state index in [0.717, 1.165) is 27.6 Å². The van der Waals surface area contributed by atoms with Crippen LogP contribution in [0.2, 0.25) is 0 Å². The predicted octanol–water partition coefficient (Wildman–Crippen LogP) is 6.53. The zero-order valence-corrected chi connectivity index (χ0v) is 19.1. The summed E-state index contributed by atoms with van der Waals surface area (Å²) in [5, 5.41) is 1.03. The standard InChI is InChI=1S/C25H24FNO4P/c1-17(2)24-20-9-7-8-11-22(20)27-25(18-13-15-19(26)16-14-18)21(24)10-5-4-6-12-23(28)31-32(29)30-3/h7-9,11,13-17H,4,6,12H2,1-3H3/q+1. The van der Waals surface area contributed by atoms with Gasteiger partial charge in [0.05, 0.1) is 30.3 Å². The molecule has 1 heterocycles. The van der Waals surface area contributed by atoms with Crippen molar-refractivity contribution < 1.29 is 22.8 Å². The second kappa shape index (κ2) is 10.9. The van der Waals surface area contributed by atoms with Crippen LogP contribution in [0.1, 0.15) is 50.2 Å². The van der Waals surface area contributed by atoms with Gasteiger partial charge in [0.2, 0.25) is 0 Å². The number of rotatable bonds is 7. The highest BCUT2D eigenvalue weighted by Crippen LogP contribution is 2.34. The van der Waals surface area contributed by atoms with Gasteiger partial charge in [0.1, 0.15) is 5.82 Å². The number of hydrogen-bond donors (Lipinski definition) is 0. The molecule has 7 heteroatoms. The lowest BCUT2D eigenvalue weighted by Gasteiger charge is -2.16. The van der Waals surface area contributed by atoms with Crippen LogP contribution in [0.15, 0.2) is 48.5 Å². The molecule has 3 aromatic rings. The van der Waals surface area contributed by atoms with E-state index < -0.39 is 14.2 Å². The van der Waals surface area contributed by atoms with Crippen LogP contribution in [0.3, 0.4) is 0 Å². The molecule has 5 nitrogen and oxygen atoms in total. The summed E-state index contributed by atoms with van der Waals surface area (Å²) < 4.78 is 33.7. The molecule has 3 rings (SSSR count). The topological polar surface area (TPSA) is 65.5 Å². The van der Waals surface area contributed by atoms with Crippen LogP contribution in [0.25, 0.3) is 22.2 Å². The number of carbonyl (C=O) groups is 1. The summed E-state index contributed by atoms with van der Waals surface area (Å²) in [5.41, 5.74) is 4.23. The number of para-hydroxylation sites is 1. The van der Waals surface area contributed by atoms with E-state index in [-0.39, 0.29) is 18.2 Å². The summed E-state index contributed by atoms with van der Waals surface area (Å²) in [6, 6.07) is 14.1. The van der Waals surface area contributed by atoms with Gasteiger partial charge in [0.25, 0.3) is 0 Å². The minimum absolute atomic E-state index is 0.0942. The van der Waals surface area contributed by atoms with Crippen LogP contribution < -0.4 is 0 Å². The Morgan fingerprint density at radius 2 is 1.88 bits per heavy atom. The minimum Gasteiger partial charge on any atom is -0.247 e. The van der Waals surface area contributed by atoms with Gasteiger partial charge in [-0.2, -0.15) is 4.52 Å². The van der Waals surface area contributed by atoms with Gasteiger partial charge in [-0.15, -0.1) is 4.52 Å². The fourth-order valence-electron chi connectivity index (χ4n) is 3.42. The monoisotopic (exact) mass is 452 g/mol. The van der Waals surface area contributed by atoms with Crippen LogP contribution in [0, 0.1) is 17.7 Å². The maximum atomic E-state index is 13.5. The van der Waals surface area contributed by atoms with Crippen LogP contribution >= 0.6 is 8.25 Å². The second-order valence-corrected chi connectivity index (χ2v) is 8.45. The summed E-state index contributed by atoms with van der Waals surface area (Å²) in [7, 11) is -1.20. The highest BCUT2D eigenvalue weighted by molar-refractivity contribution is 7.34. The summed E-state index contributed by atoms with van der Waals surface area (Å²) >= 11 is 0. The number of carbonyl (C=O) groups excluding carboxylic acids is 1. The predicted molar refractivity (Wildman–Crippen MR) is 123 cm³/mol. The van der Waals surface area contributed by atoms with E-state index in [1.54, 1.807) is 12.1 Å². The van der Waals surface area contributed by atoms with Crippen LogP contribution in [-0.4, -0.2) is 18.1 Å². The van der Waals surface area contributed by atoms with Crippen LogP contribution in [0.5, 0.6) is 0 Å². The summed E-state index contributed by atoms with van der Waals surface area (Å²) in [4.78, 5) is 16.5. The molecule has 0 fully saturated rings. The van der Waals surface area contributed by atoms with Crippen LogP contribution in [0.4, 0.5) is 4.39 Å². The first-order valence-electron chi connectivity index (χ1n) is 10.3. The molecule has 0 aliphatic rings. The van der Waals surface area contributed by atoms with Crippen molar-refractivity contribution in [1.82, 2.24) is 4.98 Å². The smallest absolute Gasteiger partial charge is 0.247 e. The number of halogens is 1. The molecule has 32 heavy (non-hydrogen) atoms. The van der Waals surface area contributed by atoms with Gasteiger partial charge in [-0.25, -0.2) is 14.2 Å². The molecule has 1 aromatic heterocycles. The lowest BCUT2D eigenvalue weighted by molar-refractivity contribution is -0.134. The average Bonchev–Trinajstić information content (AvgIpc) is 2.78. The highest BCUT2D eigenvalue weighted by Gasteiger charge is 2.23. The lowest BCUT2D eigenvalue weighted by Crippen LogP contribution is -2.01. The van der Waals surface area contributed by atoms with E-state index in [9.17, 15) is 13.8 Å². The minimum atomic E-state index is -2.41. The van der Waals surface area contributed by atoms with Gasteiger partial charge < -0.3 is 0 Å². The molecule has 1 unspecified atom stereocenters. The third-order valence-electron chi connectivity index (χ3n) is 4.85. The average molecular weight is 452 g/mol. The van der Waals surface area contributed by atoms with E-state index in [1.165, 1.54) is 19.2 Å². The van der Waals surface area contributed by atoms with Crippen molar-refractivity contribution >= 4 is 25.1 Å². The first-order valence-corrected chi connectivity index (χ1v) is 11.4. The first-order chi connectivity index (χ1) is 15.4. The number of fused-ring (bicyclic) bond motifs is 1. The van der Waals surface area contributed by atoms with Crippen LogP contribution in [-0.2, 0) is 18.4 Å². The Morgan fingerprint density at radius 1 is 1.16 bits per heavy atom. The normalized spacial score (nSPS) is 11.2. The number of unbranched alkanes of at least 4 members (excludes halogenated alkanes) is 1. The Hall–Kier alpha value is -3.13. The number of benzene rings is 2. The van der Waals surface area contributed by atoms with Gasteiger partial charge in [0.15, 0.2) is 0 Å². The number of nitrogens with zero attached hydrogens (tertiary/aromatic N) is 1. The van der Waals surface area contributed by atoms with Crippen molar-refractivity contribution in [2.75, 3.05) is 7.11 Å². The zero-order chi connectivity index (χ0) is 23.1. The molecule has 0 aliphatic carbocycles. The fraction of sp³-hybridized carbons (Fsp3) is 0.280. The van der Waals surface area contributed by atoms with Gasteiger partial charge in [-0.3, -0.25) is 0 Å². The largest absolute Gasteiger partial charge is 0.752 e. The molecule has 0 spiro atoms. The summed E-state index contributed by atoms with van der Waals surface area (Å²) in [6.45, 7) is 4.21. The molecule has 0 saturated carbocycles. The Labute approximate surface area is 187 Å². The number of hydrogen-bond acceptors (Lipinski definition) is 5. The molecule has 0 saturated heterocycles. The zero-order valence-electron chi connectivity index (χ0n) is 18.2. The van der Waals surface area contributed by atoms with Crippen molar-refractivity contribution in [3.8, 4) is 23.1 Å². The molecular weight excluding hydrogens is 428 g/mol. The van der Waals surface area contributed by atoms with Gasteiger partial charge >= 0.3 is 14.2 Å². The van der Waals surface area contributed by atoms with Crippen molar-refractivity contribution in [2.24, 2.45) is 0 Å². The maximum Gasteiger partial charge on any atom is 0.752 e. The molecule has 164 valence electrons. The maximum absolute atomic E-state index is 13.5. The Balaban J connectivity index is 1.96. The fourth-order valence-corrected chi connectivity index (χ4v) is 3.75. The molecule has 0 N–H and O–H groups in total. The summed E-state index contributed by atoms with van der Waals surface area (Å²) in [5.74, 6) is 5.67. The SMILES string of the molecule is CO[P+](=O)OC(=O)CCCC#Cc1c(-c2ccc(F)cc2)nc2ccccc2c1C(C)C. The highest BCUT2D eigenvalue weighted by atomic mass is 31.1. The molecule has 0 radical (unpaired) electrons. The molecule has 1 atom stereocenters. The van der Waals surface area contributed by atoms with E-state index in [0.29, 0.717) is 18.5 Å². The van der Waals surface area contributed by atoms with Gasteiger partial charge in [-0.05, 0) is 48.2 Å². The van der Waals surface area contributed by atoms with Crippen molar-refractivity contribution in [3.05, 3.63) is 65.5 Å². The quantitative estimate of drug-likeness (QED) is 0.232. The Morgan fingerprint density at radius 3 is 2.56 bits per heavy atom. The van der Waals surface area contributed by atoms with Gasteiger partial charge in [-0.1, -0.05) is 43.9 Å². The molecule has 0 amide bonds. The lowest BCUT2D eigenvalue weighted by atomic mass is 9.90. The van der Waals surface area contributed by atoms with E-state index >= 15 is 0 Å². The van der Waals surface area contributed by atoms with Crippen molar-refractivity contribution in [3.63, 3.8) is 0 Å². The molecule has 0 aliphatic heterocycles. The number of pyridine rings is 1. The van der Waals surface area contributed by atoms with Gasteiger partial charge in [0, 0.05) is 21.9 Å². The van der Waals surface area contributed by atoms with E-state index in [2.05, 4.69) is 34.7 Å². The molecular formula is C25H24FNO4P+. The summed E-state index contributed by atoms with van der Waals surface area (Å²) in [6.07, 6.45) is 1.01. The van der Waals surface area contributed by atoms with E-state index in [4.69, 9.17) is 4.98 Å². The second-order valence-electron chi connectivity index (χ2n) is 7.45. The first kappa shape index (κ1) is 23.5. The third kappa shape index (κ3) is 5.76. The number of aromatic nitrogens is 1. The third-order valence-corrected chi connectivity index (χ3v) is 5.50. The Kier molecular flexibility index (Phi) is 8.05. The van der Waals surface area contributed by atoms with E-state index in [1.807, 2.05) is 24.3 Å². The van der Waals surface area contributed by atoms with Crippen molar-refractivity contribution in [1.29, 1.82) is 0 Å². The Bertz CT molecular complexity index is 1200. The molecule has 2 aromatic carbocycles.